The Hall–Kier alpha value is -3.75. The summed E-state index contributed by atoms with van der Waals surface area (Å²) in [6.45, 7) is 7.86. The van der Waals surface area contributed by atoms with Crippen molar-refractivity contribution in [2.75, 3.05) is 0 Å². The van der Waals surface area contributed by atoms with Crippen LogP contribution in [-0.2, 0) is 4.79 Å². The minimum Gasteiger partial charge on any atom is -0.348 e. The molecule has 0 aliphatic heterocycles. The monoisotopic (exact) mass is 522 g/mol. The van der Waals surface area contributed by atoms with Gasteiger partial charge >= 0.3 is 0 Å². The first kappa shape index (κ1) is 27.3. The highest BCUT2D eigenvalue weighted by molar-refractivity contribution is 7.80. The fraction of sp³-hybridized carbons (Fsp3) is 0.212. The molecule has 0 aromatic heterocycles. The molecular weight excluding hydrogens is 487 g/mol. The predicted octanol–water partition coefficient (Wildman–Crippen LogP) is 5.47. The van der Waals surface area contributed by atoms with Crippen molar-refractivity contribution in [2.45, 2.75) is 39.8 Å². The van der Waals surface area contributed by atoms with Crippen molar-refractivity contribution in [3.63, 3.8) is 0 Å². The zero-order chi connectivity index (χ0) is 27.1. The number of carbonyl (C=O) groups excluding carboxylic acids is 2. The molecule has 2 N–H and O–H groups in total. The lowest BCUT2D eigenvalue weighted by Crippen LogP contribution is -2.54. The summed E-state index contributed by atoms with van der Waals surface area (Å²) in [6, 6.07) is 37.3. The summed E-state index contributed by atoms with van der Waals surface area (Å²) in [6.07, 6.45) is 0. The van der Waals surface area contributed by atoms with Crippen molar-refractivity contribution in [1.82, 2.24) is 10.6 Å². The fourth-order valence-corrected chi connectivity index (χ4v) is 6.90. The van der Waals surface area contributed by atoms with Crippen molar-refractivity contribution in [3.8, 4) is 0 Å². The zero-order valence-corrected chi connectivity index (χ0v) is 23.3. The van der Waals surface area contributed by atoms with Gasteiger partial charge in [-0.3, -0.25) is 9.59 Å². The number of nitrogens with one attached hydrogen (secondary N) is 2. The summed E-state index contributed by atoms with van der Waals surface area (Å²) in [5, 5.41) is 9.47. The van der Waals surface area contributed by atoms with E-state index in [1.54, 1.807) is 0 Å². The van der Waals surface area contributed by atoms with E-state index in [0.29, 0.717) is 5.56 Å². The molecule has 0 heterocycles. The average molecular weight is 523 g/mol. The third-order valence-corrected chi connectivity index (χ3v) is 8.98. The number of hydrogen-bond acceptors (Lipinski definition) is 2. The van der Waals surface area contributed by atoms with Gasteiger partial charge in [-0.15, -0.1) is 0 Å². The molecule has 4 rings (SSSR count). The maximum atomic E-state index is 13.9. The molecule has 0 aliphatic rings. The topological polar surface area (TPSA) is 58.2 Å². The Balaban J connectivity index is 1.65. The molecule has 0 bridgehead atoms. The van der Waals surface area contributed by atoms with E-state index < -0.39 is 19.4 Å². The molecule has 0 saturated carbocycles. The molecule has 0 saturated heterocycles. The van der Waals surface area contributed by atoms with Crippen LogP contribution >= 0.6 is 7.92 Å². The number of carbonyl (C=O) groups is 2. The van der Waals surface area contributed by atoms with Gasteiger partial charge in [-0.05, 0) is 47.8 Å². The van der Waals surface area contributed by atoms with E-state index in [1.165, 1.54) is 0 Å². The molecule has 194 valence electrons. The van der Waals surface area contributed by atoms with E-state index in [1.807, 2.05) is 119 Å². The number of hydrogen-bond donors (Lipinski definition) is 2. The van der Waals surface area contributed by atoms with Gasteiger partial charge in [-0.1, -0.05) is 130 Å². The molecule has 5 heteroatoms. The van der Waals surface area contributed by atoms with E-state index in [-0.39, 0.29) is 17.9 Å². The van der Waals surface area contributed by atoms with Crippen molar-refractivity contribution in [3.05, 3.63) is 126 Å². The normalized spacial score (nSPS) is 13.0. The van der Waals surface area contributed by atoms with E-state index in [0.717, 1.165) is 21.5 Å². The summed E-state index contributed by atoms with van der Waals surface area (Å²) >= 11 is 0. The Labute approximate surface area is 227 Å². The maximum absolute atomic E-state index is 13.9. The van der Waals surface area contributed by atoms with Gasteiger partial charge < -0.3 is 10.6 Å². The van der Waals surface area contributed by atoms with Crippen LogP contribution in [0.2, 0.25) is 0 Å². The first-order chi connectivity index (χ1) is 18.3. The molecular formula is C33H35N2O2P. The lowest BCUT2D eigenvalue weighted by atomic mass is 9.85. The Bertz CT molecular complexity index is 1310. The molecule has 4 aromatic carbocycles. The molecule has 0 radical (unpaired) electrons. The van der Waals surface area contributed by atoms with E-state index in [9.17, 15) is 9.59 Å². The third-order valence-electron chi connectivity index (χ3n) is 6.48. The van der Waals surface area contributed by atoms with E-state index in [4.69, 9.17) is 0 Å². The second-order valence-electron chi connectivity index (χ2n) is 10.4. The van der Waals surface area contributed by atoms with Crippen LogP contribution in [0.1, 0.15) is 49.7 Å². The van der Waals surface area contributed by atoms with E-state index in [2.05, 4.69) is 34.9 Å². The van der Waals surface area contributed by atoms with Gasteiger partial charge in [-0.25, -0.2) is 0 Å². The standard InChI is InChI=1S/C33H35N2O2P/c1-24(25-16-8-5-9-17-25)34-32(37)30(33(2,3)4)35-31(36)28-22-14-15-23-29(28)38(26-18-10-6-11-19-26)27-20-12-7-13-21-27/h5-24,30H,1-4H3,(H,34,37)(H,35,36)/t24-,30+/m0/s1. The van der Waals surface area contributed by atoms with Crippen LogP contribution in [-0.4, -0.2) is 17.9 Å². The minimum atomic E-state index is -0.973. The van der Waals surface area contributed by atoms with E-state index >= 15 is 0 Å². The minimum absolute atomic E-state index is 0.179. The highest BCUT2D eigenvalue weighted by Gasteiger charge is 2.34. The van der Waals surface area contributed by atoms with Crippen molar-refractivity contribution >= 4 is 35.6 Å². The quantitative estimate of drug-likeness (QED) is 0.302. The van der Waals surface area contributed by atoms with Gasteiger partial charge in [-0.2, -0.15) is 0 Å². The predicted molar refractivity (Wildman–Crippen MR) is 159 cm³/mol. The fourth-order valence-electron chi connectivity index (χ4n) is 4.45. The molecule has 0 fully saturated rings. The van der Waals surface area contributed by atoms with Gasteiger partial charge in [0.2, 0.25) is 5.91 Å². The molecule has 2 atom stereocenters. The summed E-state index contributed by atoms with van der Waals surface area (Å²) < 4.78 is 0. The van der Waals surface area contributed by atoms with Crippen molar-refractivity contribution in [2.24, 2.45) is 5.41 Å². The molecule has 4 nitrogen and oxygen atoms in total. The molecule has 0 spiro atoms. The average Bonchev–Trinajstić information content (AvgIpc) is 2.93. The second kappa shape index (κ2) is 12.2. The number of amides is 2. The highest BCUT2D eigenvalue weighted by Crippen LogP contribution is 2.34. The Morgan fingerprint density at radius 2 is 1.13 bits per heavy atom. The maximum Gasteiger partial charge on any atom is 0.252 e. The first-order valence-electron chi connectivity index (χ1n) is 12.9. The lowest BCUT2D eigenvalue weighted by Gasteiger charge is -2.32. The van der Waals surface area contributed by atoms with Crippen LogP contribution < -0.4 is 26.5 Å². The SMILES string of the molecule is C[C@H](NC(=O)[C@@H](NC(=O)c1ccccc1P(c1ccccc1)c1ccccc1)C(C)(C)C)c1ccccc1. The summed E-state index contributed by atoms with van der Waals surface area (Å²) in [5.41, 5.74) is 1.11. The largest absolute Gasteiger partial charge is 0.348 e. The van der Waals surface area contributed by atoms with Crippen LogP contribution in [0.3, 0.4) is 0 Å². The molecule has 38 heavy (non-hydrogen) atoms. The van der Waals surface area contributed by atoms with Gasteiger partial charge in [0.25, 0.3) is 5.91 Å². The smallest absolute Gasteiger partial charge is 0.252 e. The summed E-state index contributed by atoms with van der Waals surface area (Å²) in [7, 11) is -0.973. The molecule has 0 unspecified atom stereocenters. The van der Waals surface area contributed by atoms with Crippen LogP contribution in [0.15, 0.2) is 115 Å². The zero-order valence-electron chi connectivity index (χ0n) is 22.4. The highest BCUT2D eigenvalue weighted by atomic mass is 31.1. The van der Waals surface area contributed by atoms with Crippen LogP contribution in [0, 0.1) is 5.41 Å². The summed E-state index contributed by atoms with van der Waals surface area (Å²) in [4.78, 5) is 27.3. The number of benzene rings is 4. The van der Waals surface area contributed by atoms with Crippen molar-refractivity contribution < 1.29 is 9.59 Å². The first-order valence-corrected chi connectivity index (χ1v) is 14.3. The Morgan fingerprint density at radius 3 is 1.66 bits per heavy atom. The Morgan fingerprint density at radius 1 is 0.658 bits per heavy atom. The van der Waals surface area contributed by atoms with Crippen LogP contribution in [0.25, 0.3) is 0 Å². The van der Waals surface area contributed by atoms with Crippen molar-refractivity contribution in [1.29, 1.82) is 0 Å². The third kappa shape index (κ3) is 6.57. The Kier molecular flexibility index (Phi) is 8.76. The summed E-state index contributed by atoms with van der Waals surface area (Å²) in [5.74, 6) is -0.449. The molecule has 2 amide bonds. The lowest BCUT2D eigenvalue weighted by molar-refractivity contribution is -0.126. The van der Waals surface area contributed by atoms with Gasteiger partial charge in [0, 0.05) is 5.56 Å². The van der Waals surface area contributed by atoms with Gasteiger partial charge in [0.15, 0.2) is 0 Å². The molecule has 4 aromatic rings. The number of rotatable bonds is 8. The molecule has 0 aliphatic carbocycles. The van der Waals surface area contributed by atoms with Crippen LogP contribution in [0.5, 0.6) is 0 Å². The van der Waals surface area contributed by atoms with Gasteiger partial charge in [0.1, 0.15) is 6.04 Å². The van der Waals surface area contributed by atoms with Gasteiger partial charge in [0.05, 0.1) is 6.04 Å². The second-order valence-corrected chi connectivity index (χ2v) is 12.6. The van der Waals surface area contributed by atoms with Crippen LogP contribution in [0.4, 0.5) is 0 Å².